The molecule has 2 aromatic carbocycles. The summed E-state index contributed by atoms with van der Waals surface area (Å²) in [6.45, 7) is 3.65. The van der Waals surface area contributed by atoms with Crippen LogP contribution in [0.1, 0.15) is 22.8 Å². The minimum atomic E-state index is -0.623. The highest BCUT2D eigenvalue weighted by molar-refractivity contribution is 8.03. The Morgan fingerprint density at radius 3 is 2.69 bits per heavy atom. The van der Waals surface area contributed by atoms with E-state index in [4.69, 9.17) is 14.7 Å². The SMILES string of the molecule is CCOc1ccccc1C(=O)OCC(=O)Nc1ccc(SC#N)cc1C. The largest absolute Gasteiger partial charge is 0.493 e. The van der Waals surface area contributed by atoms with Gasteiger partial charge >= 0.3 is 5.97 Å². The van der Waals surface area contributed by atoms with E-state index in [0.29, 0.717) is 18.0 Å². The summed E-state index contributed by atoms with van der Waals surface area (Å²) in [5.74, 6) is -0.653. The highest BCUT2D eigenvalue weighted by Gasteiger charge is 2.15. The second-order valence-electron chi connectivity index (χ2n) is 5.22. The van der Waals surface area contributed by atoms with Crippen LogP contribution in [0.15, 0.2) is 47.4 Å². The molecule has 2 aromatic rings. The van der Waals surface area contributed by atoms with Crippen LogP contribution >= 0.6 is 11.8 Å². The quantitative estimate of drug-likeness (QED) is 0.453. The maximum Gasteiger partial charge on any atom is 0.342 e. The van der Waals surface area contributed by atoms with Gasteiger partial charge in [0.25, 0.3) is 5.91 Å². The Hall–Kier alpha value is -2.98. The number of anilines is 1. The average Bonchev–Trinajstić information content (AvgIpc) is 2.63. The molecule has 0 radical (unpaired) electrons. The minimum absolute atomic E-state index is 0.274. The zero-order valence-electron chi connectivity index (χ0n) is 14.4. The molecule has 26 heavy (non-hydrogen) atoms. The molecule has 0 aliphatic rings. The fraction of sp³-hybridized carbons (Fsp3) is 0.211. The van der Waals surface area contributed by atoms with Gasteiger partial charge in [0, 0.05) is 10.6 Å². The van der Waals surface area contributed by atoms with Crippen molar-refractivity contribution in [3.8, 4) is 11.2 Å². The first-order valence-electron chi connectivity index (χ1n) is 7.90. The van der Waals surface area contributed by atoms with Gasteiger partial charge in [-0.3, -0.25) is 4.79 Å². The fourth-order valence-corrected chi connectivity index (χ4v) is 2.68. The predicted octanol–water partition coefficient (Wildman–Crippen LogP) is 3.76. The Labute approximate surface area is 156 Å². The number of ether oxygens (including phenoxy) is 2. The molecule has 7 heteroatoms. The van der Waals surface area contributed by atoms with E-state index in [0.717, 1.165) is 22.2 Å². The van der Waals surface area contributed by atoms with Crippen molar-refractivity contribution in [3.05, 3.63) is 53.6 Å². The van der Waals surface area contributed by atoms with E-state index in [-0.39, 0.29) is 5.56 Å². The molecule has 0 atom stereocenters. The zero-order chi connectivity index (χ0) is 18.9. The van der Waals surface area contributed by atoms with Gasteiger partial charge in [-0.25, -0.2) is 4.79 Å². The third kappa shape index (κ3) is 5.26. The monoisotopic (exact) mass is 370 g/mol. The molecular weight excluding hydrogens is 352 g/mol. The molecule has 0 aliphatic carbocycles. The van der Waals surface area contributed by atoms with Gasteiger partial charge in [-0.05, 0) is 61.5 Å². The number of thioether (sulfide) groups is 1. The second-order valence-corrected chi connectivity index (χ2v) is 6.08. The summed E-state index contributed by atoms with van der Waals surface area (Å²) in [6.07, 6.45) is 0. The van der Waals surface area contributed by atoms with Crippen LogP contribution in [0.3, 0.4) is 0 Å². The van der Waals surface area contributed by atoms with Gasteiger partial charge in [-0.15, -0.1) is 0 Å². The second kappa shape index (κ2) is 9.49. The lowest BCUT2D eigenvalue weighted by Gasteiger charge is -2.11. The van der Waals surface area contributed by atoms with Crippen LogP contribution in [0.25, 0.3) is 0 Å². The number of esters is 1. The molecular formula is C19H18N2O4S. The number of nitrogens with zero attached hydrogens (tertiary/aromatic N) is 1. The molecule has 134 valence electrons. The molecule has 0 saturated heterocycles. The molecule has 0 spiro atoms. The Balaban J connectivity index is 1.95. The third-order valence-corrected chi connectivity index (χ3v) is 3.96. The van der Waals surface area contributed by atoms with Crippen molar-refractivity contribution in [1.29, 1.82) is 5.26 Å². The summed E-state index contributed by atoms with van der Waals surface area (Å²) in [4.78, 5) is 25.0. The smallest absolute Gasteiger partial charge is 0.342 e. The molecule has 0 aliphatic heterocycles. The molecule has 6 nitrogen and oxygen atoms in total. The van der Waals surface area contributed by atoms with Crippen LogP contribution in [-0.2, 0) is 9.53 Å². The first-order valence-corrected chi connectivity index (χ1v) is 8.72. The van der Waals surface area contributed by atoms with E-state index in [1.54, 1.807) is 42.5 Å². The average molecular weight is 370 g/mol. The number of carbonyl (C=O) groups excluding carboxylic acids is 2. The molecule has 0 fully saturated rings. The lowest BCUT2D eigenvalue weighted by molar-refractivity contribution is -0.119. The van der Waals surface area contributed by atoms with E-state index in [9.17, 15) is 9.59 Å². The maximum atomic E-state index is 12.2. The Kier molecular flexibility index (Phi) is 7.06. The van der Waals surface area contributed by atoms with E-state index in [2.05, 4.69) is 5.32 Å². The van der Waals surface area contributed by atoms with E-state index >= 15 is 0 Å². The van der Waals surface area contributed by atoms with Crippen molar-refractivity contribution in [1.82, 2.24) is 0 Å². The molecule has 0 saturated carbocycles. The van der Waals surface area contributed by atoms with Crippen molar-refractivity contribution in [3.63, 3.8) is 0 Å². The topological polar surface area (TPSA) is 88.4 Å². The van der Waals surface area contributed by atoms with Gasteiger partial charge in [0.05, 0.1) is 6.61 Å². The van der Waals surface area contributed by atoms with Crippen LogP contribution in [0, 0.1) is 17.6 Å². The number of amides is 1. The standard InChI is InChI=1S/C19H18N2O4S/c1-3-24-17-7-5-4-6-15(17)19(23)25-11-18(22)21-16-9-8-14(26-12-20)10-13(16)2/h4-10H,3,11H2,1-2H3,(H,21,22). The summed E-state index contributed by atoms with van der Waals surface area (Å²) < 4.78 is 10.5. The van der Waals surface area contributed by atoms with Gasteiger partial charge in [0.1, 0.15) is 16.7 Å². The zero-order valence-corrected chi connectivity index (χ0v) is 15.3. The maximum absolute atomic E-state index is 12.2. The lowest BCUT2D eigenvalue weighted by Crippen LogP contribution is -2.21. The van der Waals surface area contributed by atoms with E-state index < -0.39 is 18.5 Å². The number of nitriles is 1. The summed E-state index contributed by atoms with van der Waals surface area (Å²) in [5.41, 5.74) is 1.69. The van der Waals surface area contributed by atoms with Gasteiger partial charge in [0.2, 0.25) is 0 Å². The molecule has 0 unspecified atom stereocenters. The first kappa shape index (κ1) is 19.3. The molecule has 0 bridgehead atoms. The number of aryl methyl sites for hydroxylation is 1. The number of benzene rings is 2. The van der Waals surface area contributed by atoms with E-state index in [1.807, 2.05) is 19.2 Å². The van der Waals surface area contributed by atoms with Crippen molar-refractivity contribution >= 4 is 29.3 Å². The Morgan fingerprint density at radius 1 is 1.23 bits per heavy atom. The van der Waals surface area contributed by atoms with Crippen molar-refractivity contribution in [2.75, 3.05) is 18.5 Å². The number of hydrogen-bond acceptors (Lipinski definition) is 6. The van der Waals surface area contributed by atoms with Gasteiger partial charge < -0.3 is 14.8 Å². The summed E-state index contributed by atoms with van der Waals surface area (Å²) in [6, 6.07) is 12.0. The van der Waals surface area contributed by atoms with Crippen molar-refractivity contribution < 1.29 is 19.1 Å². The first-order chi connectivity index (χ1) is 12.5. The van der Waals surface area contributed by atoms with Crippen molar-refractivity contribution in [2.24, 2.45) is 0 Å². The van der Waals surface area contributed by atoms with Gasteiger partial charge in [0.15, 0.2) is 6.61 Å². The molecule has 1 amide bonds. The van der Waals surface area contributed by atoms with E-state index in [1.165, 1.54) is 0 Å². The van der Waals surface area contributed by atoms with Crippen LogP contribution in [0.5, 0.6) is 5.75 Å². The lowest BCUT2D eigenvalue weighted by atomic mass is 10.2. The summed E-state index contributed by atoms with van der Waals surface area (Å²) >= 11 is 1.05. The molecule has 0 aromatic heterocycles. The van der Waals surface area contributed by atoms with Gasteiger partial charge in [-0.1, -0.05) is 12.1 Å². The highest BCUT2D eigenvalue weighted by atomic mass is 32.2. The molecule has 1 N–H and O–H groups in total. The Bertz CT molecular complexity index is 846. The van der Waals surface area contributed by atoms with Crippen LogP contribution in [0.4, 0.5) is 5.69 Å². The summed E-state index contributed by atoms with van der Waals surface area (Å²) in [7, 11) is 0. The molecule has 0 heterocycles. The fourth-order valence-electron chi connectivity index (χ4n) is 2.20. The normalized spacial score (nSPS) is 9.88. The van der Waals surface area contributed by atoms with Crippen molar-refractivity contribution in [2.45, 2.75) is 18.7 Å². The van der Waals surface area contributed by atoms with Crippen LogP contribution < -0.4 is 10.1 Å². The number of hydrogen-bond donors (Lipinski definition) is 1. The van der Waals surface area contributed by atoms with Crippen LogP contribution in [-0.4, -0.2) is 25.1 Å². The predicted molar refractivity (Wildman–Crippen MR) is 99.2 cm³/mol. The number of rotatable bonds is 7. The number of carbonyl (C=O) groups is 2. The molecule has 2 rings (SSSR count). The minimum Gasteiger partial charge on any atom is -0.493 e. The third-order valence-electron chi connectivity index (χ3n) is 3.38. The highest BCUT2D eigenvalue weighted by Crippen LogP contribution is 2.23. The van der Waals surface area contributed by atoms with Gasteiger partial charge in [-0.2, -0.15) is 5.26 Å². The number of thiocyanates is 1. The number of nitrogens with one attached hydrogen (secondary N) is 1. The summed E-state index contributed by atoms with van der Waals surface area (Å²) in [5, 5.41) is 13.4. The Morgan fingerprint density at radius 2 is 2.00 bits per heavy atom. The number of para-hydroxylation sites is 1. The van der Waals surface area contributed by atoms with Crippen LogP contribution in [0.2, 0.25) is 0 Å².